The van der Waals surface area contributed by atoms with Crippen LogP contribution in [0.3, 0.4) is 0 Å². The molecule has 70 valence electrons. The van der Waals surface area contributed by atoms with Crippen molar-refractivity contribution in [3.05, 3.63) is 23.9 Å². The smallest absolute Gasteiger partial charge is 0.212 e. The van der Waals surface area contributed by atoms with Gasteiger partial charge in [-0.1, -0.05) is 6.07 Å². The van der Waals surface area contributed by atoms with Gasteiger partial charge in [0.25, 0.3) is 0 Å². The summed E-state index contributed by atoms with van der Waals surface area (Å²) in [5.41, 5.74) is 0.419. The van der Waals surface area contributed by atoms with Crippen molar-refractivity contribution >= 4 is 6.29 Å². The summed E-state index contributed by atoms with van der Waals surface area (Å²) in [5, 5.41) is 0. The molecule has 0 radical (unpaired) electrons. The Kier molecular flexibility index (Phi) is 2.66. The van der Waals surface area contributed by atoms with E-state index in [0.29, 0.717) is 5.88 Å². The molecule has 0 unspecified atom stereocenters. The van der Waals surface area contributed by atoms with Gasteiger partial charge in [-0.05, 0) is 19.4 Å². The molecule has 0 saturated heterocycles. The first-order valence-corrected chi connectivity index (χ1v) is 4.07. The summed E-state index contributed by atoms with van der Waals surface area (Å²) in [4.78, 5) is 14.8. The number of nitrogens with zero attached hydrogens (tertiary/aromatic N) is 1. The molecule has 0 aliphatic heterocycles. The molecular formula is C10H13NO2. The predicted octanol–water partition coefficient (Wildman–Crippen LogP) is 1.57. The number of aromatic nitrogens is 1. The Balaban J connectivity index is 2.98. The lowest BCUT2D eigenvalue weighted by Gasteiger charge is -2.16. The Morgan fingerprint density at radius 3 is 2.54 bits per heavy atom. The van der Waals surface area contributed by atoms with Crippen LogP contribution in [0.2, 0.25) is 0 Å². The van der Waals surface area contributed by atoms with Crippen LogP contribution in [-0.2, 0) is 10.2 Å². The van der Waals surface area contributed by atoms with Gasteiger partial charge in [0.1, 0.15) is 6.29 Å². The normalized spacial score (nSPS) is 11.0. The van der Waals surface area contributed by atoms with Crippen LogP contribution in [0, 0.1) is 0 Å². The van der Waals surface area contributed by atoms with Crippen LogP contribution in [0.15, 0.2) is 18.3 Å². The third-order valence-corrected chi connectivity index (χ3v) is 1.98. The van der Waals surface area contributed by atoms with Gasteiger partial charge in [0.15, 0.2) is 0 Å². The SMILES string of the molecule is COc1ccc(C(C)(C)C=O)cn1. The van der Waals surface area contributed by atoms with Crippen LogP contribution in [0.4, 0.5) is 0 Å². The summed E-state index contributed by atoms with van der Waals surface area (Å²) < 4.78 is 4.92. The topological polar surface area (TPSA) is 39.2 Å². The highest BCUT2D eigenvalue weighted by atomic mass is 16.5. The quantitative estimate of drug-likeness (QED) is 0.661. The number of methoxy groups -OCH3 is 1. The van der Waals surface area contributed by atoms with Crippen LogP contribution >= 0.6 is 0 Å². The molecule has 0 atom stereocenters. The van der Waals surface area contributed by atoms with E-state index >= 15 is 0 Å². The van der Waals surface area contributed by atoms with E-state index < -0.39 is 5.41 Å². The average Bonchev–Trinajstić information content (AvgIpc) is 2.18. The van der Waals surface area contributed by atoms with Gasteiger partial charge < -0.3 is 9.53 Å². The first-order chi connectivity index (χ1) is 6.10. The molecule has 0 fully saturated rings. The van der Waals surface area contributed by atoms with Crippen molar-refractivity contribution in [2.45, 2.75) is 19.3 Å². The maximum Gasteiger partial charge on any atom is 0.212 e. The molecule has 0 spiro atoms. The Labute approximate surface area is 77.8 Å². The van der Waals surface area contributed by atoms with Crippen molar-refractivity contribution < 1.29 is 9.53 Å². The monoisotopic (exact) mass is 179 g/mol. The highest BCUT2D eigenvalue weighted by molar-refractivity contribution is 5.66. The average molecular weight is 179 g/mol. The summed E-state index contributed by atoms with van der Waals surface area (Å²) in [6.45, 7) is 3.70. The fraction of sp³-hybridized carbons (Fsp3) is 0.400. The second-order valence-corrected chi connectivity index (χ2v) is 3.43. The molecular weight excluding hydrogens is 166 g/mol. The van der Waals surface area contributed by atoms with Gasteiger partial charge in [-0.15, -0.1) is 0 Å². The molecule has 0 saturated carbocycles. The lowest BCUT2D eigenvalue weighted by molar-refractivity contribution is -0.111. The summed E-state index contributed by atoms with van der Waals surface area (Å²) in [7, 11) is 1.56. The molecule has 0 amide bonds. The largest absolute Gasteiger partial charge is 0.481 e. The van der Waals surface area contributed by atoms with Crippen molar-refractivity contribution in [1.29, 1.82) is 0 Å². The van der Waals surface area contributed by atoms with Crippen molar-refractivity contribution in [3.8, 4) is 5.88 Å². The van der Waals surface area contributed by atoms with Crippen molar-refractivity contribution in [1.82, 2.24) is 4.98 Å². The molecule has 0 bridgehead atoms. The lowest BCUT2D eigenvalue weighted by atomic mass is 9.88. The summed E-state index contributed by atoms with van der Waals surface area (Å²) in [5.74, 6) is 0.561. The number of carbonyl (C=O) groups excluding carboxylic acids is 1. The van der Waals surface area contributed by atoms with Gasteiger partial charge in [0, 0.05) is 17.7 Å². The minimum Gasteiger partial charge on any atom is -0.481 e. The van der Waals surface area contributed by atoms with E-state index in [4.69, 9.17) is 4.74 Å². The number of hydrogen-bond donors (Lipinski definition) is 0. The van der Waals surface area contributed by atoms with Crippen molar-refractivity contribution in [2.75, 3.05) is 7.11 Å². The van der Waals surface area contributed by atoms with Crippen LogP contribution in [0.25, 0.3) is 0 Å². The number of aldehydes is 1. The Morgan fingerprint density at radius 2 is 2.15 bits per heavy atom. The minimum absolute atomic E-state index is 0.473. The molecule has 3 heteroatoms. The molecule has 0 N–H and O–H groups in total. The second-order valence-electron chi connectivity index (χ2n) is 3.43. The zero-order valence-corrected chi connectivity index (χ0v) is 8.07. The van der Waals surface area contributed by atoms with Gasteiger partial charge in [-0.25, -0.2) is 4.98 Å². The van der Waals surface area contributed by atoms with Crippen LogP contribution in [0.1, 0.15) is 19.4 Å². The maximum absolute atomic E-state index is 10.7. The highest BCUT2D eigenvalue weighted by Crippen LogP contribution is 2.20. The molecule has 1 aromatic heterocycles. The first kappa shape index (κ1) is 9.71. The van der Waals surface area contributed by atoms with Gasteiger partial charge >= 0.3 is 0 Å². The van der Waals surface area contributed by atoms with E-state index in [2.05, 4.69) is 4.98 Å². The number of rotatable bonds is 3. The Morgan fingerprint density at radius 1 is 1.46 bits per heavy atom. The second kappa shape index (κ2) is 3.56. The van der Waals surface area contributed by atoms with E-state index in [-0.39, 0.29) is 0 Å². The molecule has 1 aromatic rings. The van der Waals surface area contributed by atoms with Gasteiger partial charge in [0.05, 0.1) is 7.11 Å². The van der Waals surface area contributed by atoms with E-state index in [9.17, 15) is 4.79 Å². The van der Waals surface area contributed by atoms with E-state index in [1.165, 1.54) is 0 Å². The first-order valence-electron chi connectivity index (χ1n) is 4.07. The summed E-state index contributed by atoms with van der Waals surface area (Å²) in [6.07, 6.45) is 2.57. The lowest BCUT2D eigenvalue weighted by Crippen LogP contribution is -2.18. The Bertz CT molecular complexity index is 290. The van der Waals surface area contributed by atoms with Crippen molar-refractivity contribution in [2.24, 2.45) is 0 Å². The molecule has 13 heavy (non-hydrogen) atoms. The third kappa shape index (κ3) is 2.05. The van der Waals surface area contributed by atoms with Crippen LogP contribution in [-0.4, -0.2) is 18.4 Å². The van der Waals surface area contributed by atoms with E-state index in [1.807, 2.05) is 19.9 Å². The highest BCUT2D eigenvalue weighted by Gasteiger charge is 2.19. The zero-order valence-electron chi connectivity index (χ0n) is 8.07. The fourth-order valence-corrected chi connectivity index (χ4v) is 0.950. The number of pyridine rings is 1. The Hall–Kier alpha value is -1.38. The minimum atomic E-state index is -0.473. The standard InChI is InChI=1S/C10H13NO2/c1-10(2,7-12)8-4-5-9(13-3)11-6-8/h4-7H,1-3H3. The molecule has 1 rings (SSSR count). The number of carbonyl (C=O) groups is 1. The molecule has 0 aliphatic rings. The van der Waals surface area contributed by atoms with Crippen LogP contribution in [0.5, 0.6) is 5.88 Å². The maximum atomic E-state index is 10.7. The van der Waals surface area contributed by atoms with E-state index in [0.717, 1.165) is 11.8 Å². The van der Waals surface area contributed by atoms with Gasteiger partial charge in [-0.2, -0.15) is 0 Å². The van der Waals surface area contributed by atoms with Gasteiger partial charge in [0.2, 0.25) is 5.88 Å². The molecule has 0 aromatic carbocycles. The predicted molar refractivity (Wildman–Crippen MR) is 49.9 cm³/mol. The zero-order chi connectivity index (χ0) is 9.90. The van der Waals surface area contributed by atoms with Crippen LogP contribution < -0.4 is 4.74 Å². The van der Waals surface area contributed by atoms with E-state index in [1.54, 1.807) is 19.4 Å². The fourth-order valence-electron chi connectivity index (χ4n) is 0.950. The van der Waals surface area contributed by atoms with Gasteiger partial charge in [-0.3, -0.25) is 0 Å². The third-order valence-electron chi connectivity index (χ3n) is 1.98. The molecule has 0 aliphatic carbocycles. The van der Waals surface area contributed by atoms with Crippen molar-refractivity contribution in [3.63, 3.8) is 0 Å². The number of ether oxygens (including phenoxy) is 1. The molecule has 1 heterocycles. The molecule has 3 nitrogen and oxygen atoms in total. The summed E-state index contributed by atoms with van der Waals surface area (Å²) >= 11 is 0. The summed E-state index contributed by atoms with van der Waals surface area (Å²) in [6, 6.07) is 3.60. The number of hydrogen-bond acceptors (Lipinski definition) is 3.